The number of carbonyl (C=O) groups is 1. The lowest BCUT2D eigenvalue weighted by molar-refractivity contribution is 0.0949. The summed E-state index contributed by atoms with van der Waals surface area (Å²) in [6.07, 6.45) is 2.77. The van der Waals surface area contributed by atoms with Crippen LogP contribution in [0.15, 0.2) is 40.1 Å². The van der Waals surface area contributed by atoms with Crippen molar-refractivity contribution in [3.63, 3.8) is 0 Å². The van der Waals surface area contributed by atoms with Gasteiger partial charge in [0.05, 0.1) is 5.69 Å². The van der Waals surface area contributed by atoms with E-state index in [1.54, 1.807) is 5.38 Å². The van der Waals surface area contributed by atoms with Crippen molar-refractivity contribution in [2.75, 3.05) is 6.54 Å². The highest BCUT2D eigenvalue weighted by Gasteiger charge is 2.29. The number of benzene rings is 1. The van der Waals surface area contributed by atoms with E-state index < -0.39 is 0 Å². The number of amides is 1. The number of fused-ring (bicyclic) bond motifs is 1. The fraction of sp³-hybridized carbons (Fsp3) is 0.300. The third kappa shape index (κ3) is 3.20. The molecule has 0 unspecified atom stereocenters. The van der Waals surface area contributed by atoms with Crippen molar-refractivity contribution in [3.8, 4) is 10.7 Å². The second kappa shape index (κ2) is 6.87. The molecule has 4 aromatic rings. The predicted octanol–water partition coefficient (Wildman–Crippen LogP) is 3.53. The van der Waals surface area contributed by atoms with Crippen LogP contribution < -0.4 is 5.32 Å². The number of thiazole rings is 1. The number of rotatable bonds is 6. The molecule has 0 aliphatic heterocycles. The second-order valence-electron chi connectivity index (χ2n) is 7.00. The molecule has 1 aliphatic rings. The first-order valence-corrected chi connectivity index (χ1v) is 10.2. The van der Waals surface area contributed by atoms with Crippen LogP contribution in [0.4, 0.5) is 0 Å². The molecule has 3 aromatic heterocycles. The van der Waals surface area contributed by atoms with E-state index >= 15 is 0 Å². The van der Waals surface area contributed by atoms with Crippen LogP contribution in [0.1, 0.15) is 41.0 Å². The van der Waals surface area contributed by atoms with Gasteiger partial charge in [-0.2, -0.15) is 0 Å². The number of aryl methyl sites for hydroxylation is 1. The Balaban J connectivity index is 1.24. The molecule has 1 saturated carbocycles. The summed E-state index contributed by atoms with van der Waals surface area (Å²) < 4.78 is 7.71. The summed E-state index contributed by atoms with van der Waals surface area (Å²) in [7, 11) is 2.01. The van der Waals surface area contributed by atoms with Crippen LogP contribution in [0, 0.1) is 0 Å². The Morgan fingerprint density at radius 2 is 2.18 bits per heavy atom. The minimum Gasteiger partial charge on any atom is -0.425 e. The molecule has 0 spiro atoms. The molecule has 5 rings (SSSR count). The summed E-state index contributed by atoms with van der Waals surface area (Å²) >= 11 is 1.47. The van der Waals surface area contributed by atoms with Gasteiger partial charge in [-0.25, -0.2) is 4.98 Å². The van der Waals surface area contributed by atoms with Gasteiger partial charge in [0.15, 0.2) is 0 Å². The Morgan fingerprint density at radius 1 is 1.32 bits per heavy atom. The maximum atomic E-state index is 12.4. The normalized spacial score (nSPS) is 13.9. The highest BCUT2D eigenvalue weighted by atomic mass is 32.1. The summed E-state index contributed by atoms with van der Waals surface area (Å²) in [6, 6.07) is 10.3. The second-order valence-corrected chi connectivity index (χ2v) is 7.86. The average Bonchev–Trinajstić information content (AvgIpc) is 3.13. The Labute approximate surface area is 165 Å². The van der Waals surface area contributed by atoms with Crippen LogP contribution in [0.25, 0.3) is 21.6 Å². The zero-order valence-electron chi connectivity index (χ0n) is 15.4. The Morgan fingerprint density at radius 3 is 3.00 bits per heavy atom. The van der Waals surface area contributed by atoms with Crippen molar-refractivity contribution in [1.29, 1.82) is 0 Å². The number of hydrogen-bond donors (Lipinski definition) is 1. The molecule has 1 aliphatic carbocycles. The Bertz CT molecular complexity index is 1150. The highest BCUT2D eigenvalue weighted by molar-refractivity contribution is 7.13. The van der Waals surface area contributed by atoms with Gasteiger partial charge < -0.3 is 14.3 Å². The third-order valence-electron chi connectivity index (χ3n) is 4.94. The molecular formula is C20H19N5O2S. The molecule has 142 valence electrons. The summed E-state index contributed by atoms with van der Waals surface area (Å²) in [5.74, 6) is 1.54. The number of nitrogens with zero attached hydrogens (tertiary/aromatic N) is 4. The molecule has 7 nitrogen and oxygen atoms in total. The molecular weight excluding hydrogens is 374 g/mol. The van der Waals surface area contributed by atoms with E-state index in [0.717, 1.165) is 40.3 Å². The molecule has 0 radical (unpaired) electrons. The van der Waals surface area contributed by atoms with Crippen LogP contribution in [-0.4, -0.2) is 32.2 Å². The van der Waals surface area contributed by atoms with Gasteiger partial charge in [0.2, 0.25) is 11.8 Å². The van der Waals surface area contributed by atoms with Crippen LogP contribution in [0.2, 0.25) is 0 Å². The fourth-order valence-corrected chi connectivity index (χ4v) is 4.08. The number of aromatic nitrogens is 4. The van der Waals surface area contributed by atoms with Gasteiger partial charge in [-0.3, -0.25) is 4.79 Å². The lowest BCUT2D eigenvalue weighted by Crippen LogP contribution is -2.26. The van der Waals surface area contributed by atoms with Gasteiger partial charge in [-0.1, -0.05) is 18.2 Å². The van der Waals surface area contributed by atoms with Crippen molar-refractivity contribution in [1.82, 2.24) is 25.1 Å². The first kappa shape index (κ1) is 17.1. The zero-order valence-corrected chi connectivity index (χ0v) is 16.2. The van der Waals surface area contributed by atoms with Crippen LogP contribution in [0.3, 0.4) is 0 Å². The molecule has 1 aromatic carbocycles. The highest BCUT2D eigenvalue weighted by Crippen LogP contribution is 2.39. The van der Waals surface area contributed by atoms with Crippen molar-refractivity contribution in [3.05, 3.63) is 53.2 Å². The van der Waals surface area contributed by atoms with E-state index in [9.17, 15) is 4.79 Å². The van der Waals surface area contributed by atoms with Crippen molar-refractivity contribution in [2.45, 2.75) is 25.2 Å². The van der Waals surface area contributed by atoms with Gasteiger partial charge in [0, 0.05) is 42.2 Å². The van der Waals surface area contributed by atoms with Crippen molar-refractivity contribution < 1.29 is 9.21 Å². The van der Waals surface area contributed by atoms with E-state index in [4.69, 9.17) is 4.42 Å². The van der Waals surface area contributed by atoms with E-state index in [1.807, 2.05) is 19.2 Å². The monoisotopic (exact) mass is 393 g/mol. The first-order valence-electron chi connectivity index (χ1n) is 9.30. The molecule has 1 amide bonds. The van der Waals surface area contributed by atoms with E-state index in [-0.39, 0.29) is 5.91 Å². The van der Waals surface area contributed by atoms with Gasteiger partial charge in [-0.05, 0) is 25.0 Å². The van der Waals surface area contributed by atoms with Gasteiger partial charge in [-0.15, -0.1) is 21.5 Å². The molecule has 1 N–H and O–H groups in total. The Hall–Kier alpha value is -3.00. The molecule has 0 saturated heterocycles. The van der Waals surface area contributed by atoms with Crippen molar-refractivity contribution >= 4 is 28.1 Å². The number of nitrogens with one attached hydrogen (secondary N) is 1. The molecule has 28 heavy (non-hydrogen) atoms. The van der Waals surface area contributed by atoms with E-state index in [2.05, 4.69) is 43.3 Å². The molecule has 1 fully saturated rings. The zero-order chi connectivity index (χ0) is 19.1. The molecule has 0 atom stereocenters. The number of hydrogen-bond acceptors (Lipinski definition) is 6. The SMILES string of the molecule is Cn1c(-c2nc(C(=O)NCCc3nnc(C4CC4)o3)cs2)cc2ccccc21. The van der Waals surface area contributed by atoms with Crippen molar-refractivity contribution in [2.24, 2.45) is 7.05 Å². The maximum Gasteiger partial charge on any atom is 0.270 e. The molecule has 8 heteroatoms. The first-order chi connectivity index (χ1) is 13.7. The largest absolute Gasteiger partial charge is 0.425 e. The average molecular weight is 393 g/mol. The number of para-hydroxylation sites is 1. The molecule has 0 bridgehead atoms. The smallest absolute Gasteiger partial charge is 0.270 e. The van der Waals surface area contributed by atoms with Crippen LogP contribution >= 0.6 is 11.3 Å². The summed E-state index contributed by atoms with van der Waals surface area (Å²) in [5, 5.41) is 14.7. The number of carbonyl (C=O) groups excluding carboxylic acids is 1. The standard InChI is InChI=1S/C20H19N5O2S/c1-25-15-5-3-2-4-13(15)10-16(25)20-22-14(11-28-20)18(26)21-9-8-17-23-24-19(27-17)12-6-7-12/h2-5,10-12H,6-9H2,1H3,(H,21,26). The minimum absolute atomic E-state index is 0.191. The minimum atomic E-state index is -0.191. The summed E-state index contributed by atoms with van der Waals surface area (Å²) in [5.41, 5.74) is 2.57. The third-order valence-corrected chi connectivity index (χ3v) is 5.81. The van der Waals surface area contributed by atoms with Crippen LogP contribution in [-0.2, 0) is 13.5 Å². The predicted molar refractivity (Wildman–Crippen MR) is 106 cm³/mol. The summed E-state index contributed by atoms with van der Waals surface area (Å²) in [6.45, 7) is 0.437. The fourth-order valence-electron chi connectivity index (χ4n) is 3.23. The maximum absolute atomic E-state index is 12.4. The lowest BCUT2D eigenvalue weighted by Gasteiger charge is -2.01. The van der Waals surface area contributed by atoms with E-state index in [0.29, 0.717) is 30.5 Å². The van der Waals surface area contributed by atoms with Gasteiger partial charge in [0.1, 0.15) is 10.7 Å². The summed E-state index contributed by atoms with van der Waals surface area (Å²) in [4.78, 5) is 17.0. The van der Waals surface area contributed by atoms with Gasteiger partial charge in [0.25, 0.3) is 5.91 Å². The lowest BCUT2D eigenvalue weighted by atomic mass is 10.2. The topological polar surface area (TPSA) is 85.8 Å². The Kier molecular flexibility index (Phi) is 4.20. The van der Waals surface area contributed by atoms with Crippen LogP contribution in [0.5, 0.6) is 0 Å². The van der Waals surface area contributed by atoms with Gasteiger partial charge >= 0.3 is 0 Å². The van der Waals surface area contributed by atoms with E-state index in [1.165, 1.54) is 11.3 Å². The quantitative estimate of drug-likeness (QED) is 0.542. The molecule has 3 heterocycles.